The van der Waals surface area contributed by atoms with E-state index in [2.05, 4.69) is 15.6 Å². The molecule has 0 bridgehead atoms. The number of nitrogens with one attached hydrogen (secondary N) is 2. The van der Waals surface area contributed by atoms with E-state index in [0.29, 0.717) is 5.69 Å². The van der Waals surface area contributed by atoms with E-state index in [1.165, 1.54) is 6.20 Å². The third kappa shape index (κ3) is 4.04. The van der Waals surface area contributed by atoms with E-state index in [9.17, 15) is 9.59 Å². The van der Waals surface area contributed by atoms with Crippen LogP contribution in [0.25, 0.3) is 0 Å². The highest BCUT2D eigenvalue weighted by molar-refractivity contribution is 5.92. The number of nitrogens with zero attached hydrogens (tertiary/aromatic N) is 1. The zero-order valence-corrected chi connectivity index (χ0v) is 10.6. The summed E-state index contributed by atoms with van der Waals surface area (Å²) < 4.78 is 0. The standard InChI is InChI=1S/C12H17N3O3/c1-7(2)10(11(16)17)15-12(18)14-9-4-8(3)5-13-6-9/h4-7,10H,1-3H3,(H,16,17)(H2,14,15,18)/t10-/m1/s1. The normalized spacial score (nSPS) is 12.0. The van der Waals surface area contributed by atoms with Gasteiger partial charge in [0.15, 0.2) is 0 Å². The van der Waals surface area contributed by atoms with Crippen LogP contribution in [0.2, 0.25) is 0 Å². The molecule has 6 heteroatoms. The van der Waals surface area contributed by atoms with E-state index >= 15 is 0 Å². The predicted molar refractivity (Wildman–Crippen MR) is 67.4 cm³/mol. The molecule has 0 fully saturated rings. The predicted octanol–water partition coefficient (Wildman–Crippen LogP) is 1.62. The van der Waals surface area contributed by atoms with Crippen molar-refractivity contribution in [2.45, 2.75) is 26.8 Å². The van der Waals surface area contributed by atoms with E-state index in [1.807, 2.05) is 6.92 Å². The van der Waals surface area contributed by atoms with Crippen molar-refractivity contribution in [3.63, 3.8) is 0 Å². The molecule has 1 atom stereocenters. The lowest BCUT2D eigenvalue weighted by Gasteiger charge is -2.18. The molecule has 6 nitrogen and oxygen atoms in total. The molecule has 18 heavy (non-hydrogen) atoms. The van der Waals surface area contributed by atoms with Crippen molar-refractivity contribution in [3.05, 3.63) is 24.0 Å². The monoisotopic (exact) mass is 251 g/mol. The van der Waals surface area contributed by atoms with Gasteiger partial charge in [0.1, 0.15) is 6.04 Å². The van der Waals surface area contributed by atoms with Crippen LogP contribution in [0.5, 0.6) is 0 Å². The lowest BCUT2D eigenvalue weighted by atomic mass is 10.1. The van der Waals surface area contributed by atoms with Crippen LogP contribution in [0.15, 0.2) is 18.5 Å². The number of carbonyl (C=O) groups is 2. The minimum atomic E-state index is -1.05. The summed E-state index contributed by atoms with van der Waals surface area (Å²) in [7, 11) is 0. The Bertz CT molecular complexity index is 446. The highest BCUT2D eigenvalue weighted by atomic mass is 16.4. The van der Waals surface area contributed by atoms with Crippen LogP contribution < -0.4 is 10.6 Å². The van der Waals surface area contributed by atoms with Crippen molar-refractivity contribution < 1.29 is 14.7 Å². The van der Waals surface area contributed by atoms with Crippen LogP contribution in [0.4, 0.5) is 10.5 Å². The van der Waals surface area contributed by atoms with Crippen molar-refractivity contribution in [1.82, 2.24) is 10.3 Å². The number of carboxylic acid groups (broad SMARTS) is 1. The average Bonchev–Trinajstić information content (AvgIpc) is 2.25. The molecule has 0 radical (unpaired) electrons. The van der Waals surface area contributed by atoms with Gasteiger partial charge in [0, 0.05) is 6.20 Å². The summed E-state index contributed by atoms with van der Waals surface area (Å²) in [6, 6.07) is 0.281. The number of rotatable bonds is 4. The number of carbonyl (C=O) groups excluding carboxylic acids is 1. The van der Waals surface area contributed by atoms with Crippen LogP contribution in [0.3, 0.4) is 0 Å². The molecule has 1 aromatic rings. The van der Waals surface area contributed by atoms with Crippen LogP contribution in [-0.2, 0) is 4.79 Å². The summed E-state index contributed by atoms with van der Waals surface area (Å²) in [5.41, 5.74) is 1.44. The molecule has 0 unspecified atom stereocenters. The Morgan fingerprint density at radius 2 is 2.00 bits per heavy atom. The van der Waals surface area contributed by atoms with Crippen LogP contribution >= 0.6 is 0 Å². The van der Waals surface area contributed by atoms with Crippen LogP contribution in [0.1, 0.15) is 19.4 Å². The molecule has 1 aromatic heterocycles. The van der Waals surface area contributed by atoms with E-state index < -0.39 is 18.0 Å². The summed E-state index contributed by atoms with van der Waals surface area (Å²) >= 11 is 0. The Hall–Kier alpha value is -2.11. The molecule has 0 aromatic carbocycles. The van der Waals surface area contributed by atoms with Crippen molar-refractivity contribution in [2.24, 2.45) is 5.92 Å². The third-order valence-corrected chi connectivity index (χ3v) is 2.35. The van der Waals surface area contributed by atoms with Gasteiger partial charge in [-0.1, -0.05) is 13.8 Å². The first kappa shape index (κ1) is 14.0. The maximum atomic E-state index is 11.6. The lowest BCUT2D eigenvalue weighted by Crippen LogP contribution is -2.46. The maximum absolute atomic E-state index is 11.6. The number of aromatic nitrogens is 1. The number of urea groups is 1. The van der Waals surface area contributed by atoms with Crippen molar-refractivity contribution >= 4 is 17.7 Å². The zero-order chi connectivity index (χ0) is 13.7. The molecule has 0 aliphatic rings. The van der Waals surface area contributed by atoms with Gasteiger partial charge >= 0.3 is 12.0 Å². The van der Waals surface area contributed by atoms with Crippen LogP contribution in [-0.4, -0.2) is 28.1 Å². The molecular weight excluding hydrogens is 234 g/mol. The van der Waals surface area contributed by atoms with E-state index in [1.54, 1.807) is 26.1 Å². The lowest BCUT2D eigenvalue weighted by molar-refractivity contribution is -0.140. The number of aryl methyl sites for hydroxylation is 1. The molecule has 1 rings (SSSR count). The van der Waals surface area contributed by atoms with Gasteiger partial charge in [0.25, 0.3) is 0 Å². The SMILES string of the molecule is Cc1cncc(NC(=O)N[C@@H](C(=O)O)C(C)C)c1. The van der Waals surface area contributed by atoms with Gasteiger partial charge in [-0.15, -0.1) is 0 Å². The average molecular weight is 251 g/mol. The minimum absolute atomic E-state index is 0.191. The van der Waals surface area contributed by atoms with Gasteiger partial charge in [-0.3, -0.25) is 4.98 Å². The molecule has 0 saturated carbocycles. The Balaban J connectivity index is 2.63. The maximum Gasteiger partial charge on any atom is 0.326 e. The summed E-state index contributed by atoms with van der Waals surface area (Å²) in [6.45, 7) is 5.31. The van der Waals surface area contributed by atoms with Crippen molar-refractivity contribution in [2.75, 3.05) is 5.32 Å². The number of amides is 2. The molecule has 0 spiro atoms. The Morgan fingerprint density at radius 1 is 1.33 bits per heavy atom. The van der Waals surface area contributed by atoms with Crippen LogP contribution in [0, 0.1) is 12.8 Å². The summed E-state index contributed by atoms with van der Waals surface area (Å²) in [4.78, 5) is 26.5. The number of pyridine rings is 1. The first-order valence-electron chi connectivity index (χ1n) is 5.62. The smallest absolute Gasteiger partial charge is 0.326 e. The van der Waals surface area contributed by atoms with E-state index in [0.717, 1.165) is 5.56 Å². The number of hydrogen-bond donors (Lipinski definition) is 3. The summed E-state index contributed by atoms with van der Waals surface area (Å²) in [6.07, 6.45) is 3.16. The molecular formula is C12H17N3O3. The second-order valence-corrected chi connectivity index (χ2v) is 4.41. The Labute approximate surface area is 105 Å². The fourth-order valence-corrected chi connectivity index (χ4v) is 1.45. The number of anilines is 1. The third-order valence-electron chi connectivity index (χ3n) is 2.35. The zero-order valence-electron chi connectivity index (χ0n) is 10.6. The fraction of sp³-hybridized carbons (Fsp3) is 0.417. The topological polar surface area (TPSA) is 91.3 Å². The number of hydrogen-bond acceptors (Lipinski definition) is 3. The molecule has 0 aliphatic carbocycles. The minimum Gasteiger partial charge on any atom is -0.480 e. The van der Waals surface area contributed by atoms with E-state index in [-0.39, 0.29) is 5.92 Å². The molecule has 2 amide bonds. The van der Waals surface area contributed by atoms with Gasteiger partial charge in [0.05, 0.1) is 11.9 Å². The highest BCUT2D eigenvalue weighted by Gasteiger charge is 2.23. The van der Waals surface area contributed by atoms with Gasteiger partial charge in [0.2, 0.25) is 0 Å². The molecule has 0 saturated heterocycles. The number of carboxylic acids is 1. The first-order valence-corrected chi connectivity index (χ1v) is 5.62. The second-order valence-electron chi connectivity index (χ2n) is 4.41. The highest BCUT2D eigenvalue weighted by Crippen LogP contribution is 2.07. The summed E-state index contributed by atoms with van der Waals surface area (Å²) in [5.74, 6) is -1.24. The second kappa shape index (κ2) is 6.00. The van der Waals surface area contributed by atoms with Gasteiger partial charge in [-0.2, -0.15) is 0 Å². The number of aliphatic carboxylic acids is 1. The molecule has 0 aliphatic heterocycles. The largest absolute Gasteiger partial charge is 0.480 e. The van der Waals surface area contributed by atoms with Gasteiger partial charge < -0.3 is 15.7 Å². The van der Waals surface area contributed by atoms with Gasteiger partial charge in [-0.25, -0.2) is 9.59 Å². The molecule has 1 heterocycles. The van der Waals surface area contributed by atoms with Crippen molar-refractivity contribution in [3.8, 4) is 0 Å². The Morgan fingerprint density at radius 3 is 2.50 bits per heavy atom. The molecule has 98 valence electrons. The van der Waals surface area contributed by atoms with E-state index in [4.69, 9.17) is 5.11 Å². The quantitative estimate of drug-likeness (QED) is 0.758. The fourth-order valence-electron chi connectivity index (χ4n) is 1.45. The van der Waals surface area contributed by atoms with Crippen molar-refractivity contribution in [1.29, 1.82) is 0 Å². The Kier molecular flexibility index (Phi) is 4.65. The van der Waals surface area contributed by atoms with Gasteiger partial charge in [-0.05, 0) is 24.5 Å². The first-order chi connectivity index (χ1) is 8.40. The summed E-state index contributed by atoms with van der Waals surface area (Å²) in [5, 5.41) is 13.9. The molecule has 3 N–H and O–H groups in total.